The van der Waals surface area contributed by atoms with Gasteiger partial charge in [0.05, 0.1) is 18.4 Å². The first-order valence-corrected chi connectivity index (χ1v) is 12.8. The van der Waals surface area contributed by atoms with Gasteiger partial charge in [-0.3, -0.25) is 4.79 Å². The van der Waals surface area contributed by atoms with E-state index in [4.69, 9.17) is 14.6 Å². The first kappa shape index (κ1) is 26.0. The summed E-state index contributed by atoms with van der Waals surface area (Å²) in [5.41, 5.74) is 3.68. The molecule has 0 saturated heterocycles. The van der Waals surface area contributed by atoms with Crippen LogP contribution in [0.2, 0.25) is 0 Å². The molecular weight excluding hydrogens is 494 g/mol. The van der Waals surface area contributed by atoms with Crippen LogP contribution in [0.25, 0.3) is 0 Å². The van der Waals surface area contributed by atoms with Gasteiger partial charge in [-0.15, -0.1) is 0 Å². The highest BCUT2D eigenvalue weighted by Crippen LogP contribution is 2.37. The molecule has 2 heterocycles. The van der Waals surface area contributed by atoms with Gasteiger partial charge >= 0.3 is 0 Å². The standard InChI is InChI=1S/C30H31N5O4/c1-20-27(29(37)32-24-11-6-7-12-25(24)38-2)28(35-30(31-20)33-26(34-35)13-8-18-36)22-14-16-23(17-15-22)39-19-21-9-4-3-5-10-21/h3-7,9-12,14-17,28,36H,8,13,18-19H2,1-2H3,(H,32,37)(H,31,33,34). The molecule has 0 saturated carbocycles. The SMILES string of the molecule is COc1ccccc1NC(=O)C1=C(C)Nc2nc(CCCO)nn2C1c1ccc(OCc2ccccc2)cc1. The lowest BCUT2D eigenvalue weighted by Crippen LogP contribution is -2.31. The van der Waals surface area contributed by atoms with E-state index in [-0.39, 0.29) is 12.5 Å². The van der Waals surface area contributed by atoms with Crippen molar-refractivity contribution in [3.63, 3.8) is 0 Å². The van der Waals surface area contributed by atoms with Gasteiger partial charge in [0.15, 0.2) is 5.82 Å². The number of allylic oxidation sites excluding steroid dienone is 1. The number of para-hydroxylation sites is 2. The number of aliphatic hydroxyl groups excluding tert-OH is 1. The molecule has 0 radical (unpaired) electrons. The van der Waals surface area contributed by atoms with Gasteiger partial charge < -0.3 is 25.2 Å². The van der Waals surface area contributed by atoms with Crippen molar-refractivity contribution in [2.45, 2.75) is 32.4 Å². The number of ether oxygens (including phenoxy) is 2. The Hall–Kier alpha value is -4.63. The van der Waals surface area contributed by atoms with E-state index in [9.17, 15) is 9.90 Å². The van der Waals surface area contributed by atoms with Crippen LogP contribution in [0, 0.1) is 0 Å². The number of aryl methyl sites for hydroxylation is 1. The lowest BCUT2D eigenvalue weighted by Gasteiger charge is -2.29. The minimum Gasteiger partial charge on any atom is -0.495 e. The summed E-state index contributed by atoms with van der Waals surface area (Å²) in [7, 11) is 1.57. The number of hydrogen-bond acceptors (Lipinski definition) is 7. The molecule has 0 spiro atoms. The second-order valence-corrected chi connectivity index (χ2v) is 9.19. The largest absolute Gasteiger partial charge is 0.495 e. The summed E-state index contributed by atoms with van der Waals surface area (Å²) in [5.74, 6) is 2.15. The molecule has 4 aromatic rings. The summed E-state index contributed by atoms with van der Waals surface area (Å²) in [5, 5.41) is 20.2. The normalized spacial score (nSPS) is 14.4. The van der Waals surface area contributed by atoms with Crippen LogP contribution >= 0.6 is 0 Å². The first-order valence-electron chi connectivity index (χ1n) is 12.8. The summed E-state index contributed by atoms with van der Waals surface area (Å²) in [6.07, 6.45) is 1.08. The van der Waals surface area contributed by atoms with Crippen LogP contribution in [-0.4, -0.2) is 39.5 Å². The van der Waals surface area contributed by atoms with Gasteiger partial charge in [0.2, 0.25) is 5.95 Å². The Morgan fingerprint density at radius 2 is 1.79 bits per heavy atom. The summed E-state index contributed by atoms with van der Waals surface area (Å²) < 4.78 is 13.1. The molecule has 3 aromatic carbocycles. The van der Waals surface area contributed by atoms with Crippen LogP contribution in [-0.2, 0) is 17.8 Å². The lowest BCUT2D eigenvalue weighted by molar-refractivity contribution is -0.113. The highest BCUT2D eigenvalue weighted by molar-refractivity contribution is 6.06. The Kier molecular flexibility index (Phi) is 7.88. The smallest absolute Gasteiger partial charge is 0.255 e. The molecule has 1 aromatic heterocycles. The molecule has 1 aliphatic heterocycles. The molecule has 200 valence electrons. The fourth-order valence-corrected chi connectivity index (χ4v) is 4.57. The number of anilines is 2. The third-order valence-electron chi connectivity index (χ3n) is 6.50. The Morgan fingerprint density at radius 3 is 2.54 bits per heavy atom. The van der Waals surface area contributed by atoms with Crippen molar-refractivity contribution in [3.8, 4) is 11.5 Å². The van der Waals surface area contributed by atoms with Crippen LogP contribution in [0.5, 0.6) is 11.5 Å². The van der Waals surface area contributed by atoms with Gasteiger partial charge in [-0.25, -0.2) is 4.68 Å². The van der Waals surface area contributed by atoms with Gasteiger partial charge in [-0.05, 0) is 48.7 Å². The third kappa shape index (κ3) is 5.78. The molecule has 1 unspecified atom stereocenters. The fourth-order valence-electron chi connectivity index (χ4n) is 4.57. The van der Waals surface area contributed by atoms with E-state index in [0.717, 1.165) is 16.9 Å². The molecule has 39 heavy (non-hydrogen) atoms. The second kappa shape index (κ2) is 11.8. The van der Waals surface area contributed by atoms with Crippen LogP contribution < -0.4 is 20.1 Å². The Bertz CT molecular complexity index is 1460. The molecule has 5 rings (SSSR count). The zero-order chi connectivity index (χ0) is 27.2. The molecule has 0 aliphatic carbocycles. The molecule has 3 N–H and O–H groups in total. The highest BCUT2D eigenvalue weighted by atomic mass is 16.5. The van der Waals surface area contributed by atoms with Crippen LogP contribution in [0.4, 0.5) is 11.6 Å². The topological polar surface area (TPSA) is 111 Å². The quantitative estimate of drug-likeness (QED) is 0.275. The monoisotopic (exact) mass is 525 g/mol. The number of aromatic nitrogens is 3. The molecule has 1 atom stereocenters. The second-order valence-electron chi connectivity index (χ2n) is 9.19. The van der Waals surface area contributed by atoms with Crippen molar-refractivity contribution in [2.24, 2.45) is 0 Å². The fraction of sp³-hybridized carbons (Fsp3) is 0.233. The predicted molar refractivity (Wildman–Crippen MR) is 149 cm³/mol. The third-order valence-corrected chi connectivity index (χ3v) is 6.50. The number of hydrogen-bond donors (Lipinski definition) is 3. The maximum absolute atomic E-state index is 13.8. The first-order chi connectivity index (χ1) is 19.1. The van der Waals surface area contributed by atoms with Crippen molar-refractivity contribution in [1.29, 1.82) is 0 Å². The molecule has 0 fully saturated rings. The molecule has 9 nitrogen and oxygen atoms in total. The highest BCUT2D eigenvalue weighted by Gasteiger charge is 2.34. The number of carbonyl (C=O) groups is 1. The molecule has 1 amide bonds. The van der Waals surface area contributed by atoms with E-state index in [0.29, 0.717) is 53.9 Å². The Morgan fingerprint density at radius 1 is 1.05 bits per heavy atom. The molecule has 9 heteroatoms. The van der Waals surface area contributed by atoms with E-state index >= 15 is 0 Å². The number of aliphatic hydroxyl groups is 1. The maximum atomic E-state index is 13.8. The van der Waals surface area contributed by atoms with Crippen molar-refractivity contribution in [2.75, 3.05) is 24.4 Å². The van der Waals surface area contributed by atoms with Crippen molar-refractivity contribution >= 4 is 17.5 Å². The molecule has 0 bridgehead atoms. The van der Waals surface area contributed by atoms with Crippen LogP contribution in [0.1, 0.15) is 36.3 Å². The Balaban J connectivity index is 1.47. The predicted octanol–water partition coefficient (Wildman–Crippen LogP) is 4.72. The van der Waals surface area contributed by atoms with E-state index < -0.39 is 6.04 Å². The minimum absolute atomic E-state index is 0.0506. The summed E-state index contributed by atoms with van der Waals surface area (Å²) in [4.78, 5) is 18.4. The average Bonchev–Trinajstić information content (AvgIpc) is 3.37. The number of benzene rings is 3. The van der Waals surface area contributed by atoms with Crippen molar-refractivity contribution in [1.82, 2.24) is 14.8 Å². The summed E-state index contributed by atoms with van der Waals surface area (Å²) in [6.45, 7) is 2.36. The number of nitrogens with zero attached hydrogens (tertiary/aromatic N) is 3. The van der Waals surface area contributed by atoms with Gasteiger partial charge in [0, 0.05) is 18.7 Å². The number of nitrogens with one attached hydrogen (secondary N) is 2. The minimum atomic E-state index is -0.533. The molecule has 1 aliphatic rings. The lowest BCUT2D eigenvalue weighted by atomic mass is 9.95. The number of carbonyl (C=O) groups excluding carboxylic acids is 1. The van der Waals surface area contributed by atoms with Gasteiger partial charge in [0.25, 0.3) is 5.91 Å². The van der Waals surface area contributed by atoms with Gasteiger partial charge in [-0.2, -0.15) is 10.1 Å². The zero-order valence-electron chi connectivity index (χ0n) is 21.9. The number of methoxy groups -OCH3 is 1. The summed E-state index contributed by atoms with van der Waals surface area (Å²) >= 11 is 0. The van der Waals surface area contributed by atoms with Gasteiger partial charge in [-0.1, -0.05) is 54.6 Å². The number of amides is 1. The van der Waals surface area contributed by atoms with E-state index in [1.165, 1.54) is 0 Å². The molecular formula is C30H31N5O4. The zero-order valence-corrected chi connectivity index (χ0v) is 21.9. The van der Waals surface area contributed by atoms with E-state index in [1.807, 2.05) is 73.7 Å². The van der Waals surface area contributed by atoms with Crippen molar-refractivity contribution in [3.05, 3.63) is 107 Å². The maximum Gasteiger partial charge on any atom is 0.255 e. The number of fused-ring (bicyclic) bond motifs is 1. The van der Waals surface area contributed by atoms with Gasteiger partial charge in [0.1, 0.15) is 24.1 Å². The van der Waals surface area contributed by atoms with E-state index in [2.05, 4.69) is 15.6 Å². The van der Waals surface area contributed by atoms with E-state index in [1.54, 1.807) is 23.9 Å². The Labute approximate surface area is 227 Å². The van der Waals surface area contributed by atoms with Crippen LogP contribution in [0.15, 0.2) is 90.1 Å². The summed E-state index contributed by atoms with van der Waals surface area (Å²) in [6, 6.07) is 24.4. The van der Waals surface area contributed by atoms with Crippen molar-refractivity contribution < 1.29 is 19.4 Å². The average molecular weight is 526 g/mol. The number of rotatable bonds is 10. The van der Waals surface area contributed by atoms with Crippen LogP contribution in [0.3, 0.4) is 0 Å².